The topological polar surface area (TPSA) is 250 Å². The van der Waals surface area contributed by atoms with E-state index in [2.05, 4.69) is 37.9 Å². The fraction of sp³-hybridized carbons (Fsp3) is 0.231. The minimum absolute atomic E-state index is 0. The van der Waals surface area contributed by atoms with Gasteiger partial charge in [-0.3, -0.25) is 13.4 Å². The Balaban J connectivity index is 0. The van der Waals surface area contributed by atoms with E-state index >= 15 is 0 Å². The smallest absolute Gasteiger partial charge is 0.857 e. The molecule has 0 aliphatic rings. The average Bonchev–Trinajstić information content (AvgIpc) is 3.02. The number of rotatable bonds is 9. The molecule has 0 radical (unpaired) electrons. The van der Waals surface area contributed by atoms with E-state index in [0.29, 0.717) is 16.9 Å². The van der Waals surface area contributed by atoms with Gasteiger partial charge in [-0.2, -0.15) is 21.9 Å². The van der Waals surface area contributed by atoms with Crippen molar-refractivity contribution in [3.05, 3.63) is 78.6 Å². The summed E-state index contributed by atoms with van der Waals surface area (Å²) >= 11 is 0. The van der Waals surface area contributed by atoms with Gasteiger partial charge in [-0.25, -0.2) is 9.98 Å². The van der Waals surface area contributed by atoms with Gasteiger partial charge in [0.05, 0.1) is 35.4 Å². The number of hydrogen-bond donors (Lipinski definition) is 1. The molecule has 0 aliphatic carbocycles. The molecule has 0 spiro atoms. The van der Waals surface area contributed by atoms with E-state index in [4.69, 9.17) is 5.84 Å². The molecule has 2 aromatic carbocycles. The van der Waals surface area contributed by atoms with Crippen LogP contribution in [0.25, 0.3) is 0 Å². The van der Waals surface area contributed by atoms with Gasteiger partial charge in [0.15, 0.2) is 12.2 Å². The molecule has 0 amide bonds. The largest absolute Gasteiger partial charge is 2.00 e. The van der Waals surface area contributed by atoms with Crippen LogP contribution in [0.5, 0.6) is 0 Å². The van der Waals surface area contributed by atoms with E-state index in [1.165, 1.54) is 60.9 Å². The number of nitrogens with zero attached hydrogens (tertiary/aromatic N) is 4. The van der Waals surface area contributed by atoms with E-state index < -0.39 is 38.3 Å². The van der Waals surface area contributed by atoms with Crippen LogP contribution in [-0.2, 0) is 38.1 Å². The molecular formula is C26H30MgN5NaO11S2. The molecule has 3 rings (SSSR count). The van der Waals surface area contributed by atoms with Crippen LogP contribution in [0, 0.1) is 0 Å². The number of hydrazone groups is 1. The Morgan fingerprint density at radius 3 is 1.35 bits per heavy atom. The van der Waals surface area contributed by atoms with Crippen LogP contribution < -0.4 is 50.7 Å². The van der Waals surface area contributed by atoms with Crippen LogP contribution in [0.4, 0.5) is 11.4 Å². The molecule has 46 heavy (non-hydrogen) atoms. The first-order valence-electron chi connectivity index (χ1n) is 12.3. The molecule has 1 heterocycles. The predicted molar refractivity (Wildman–Crippen MR) is 159 cm³/mol. The van der Waals surface area contributed by atoms with Gasteiger partial charge >= 0.3 is 52.6 Å². The van der Waals surface area contributed by atoms with Gasteiger partial charge in [-0.1, -0.05) is 13.8 Å². The predicted octanol–water partition coefficient (Wildman–Crippen LogP) is -3.50. The van der Waals surface area contributed by atoms with Crippen molar-refractivity contribution in [3.63, 3.8) is 0 Å². The molecule has 0 aliphatic heterocycles. The number of aliphatic imine (C=N–C) groups is 2. The summed E-state index contributed by atoms with van der Waals surface area (Å²) in [5, 5.41) is 35.7. The number of nitrogens with two attached hydrogens (primary N) is 1. The Kier molecular flexibility index (Phi) is 22.9. The van der Waals surface area contributed by atoms with Crippen molar-refractivity contribution in [2.75, 3.05) is 27.4 Å². The van der Waals surface area contributed by atoms with Crippen molar-refractivity contribution in [1.29, 1.82) is 0 Å². The summed E-state index contributed by atoms with van der Waals surface area (Å²) in [6.07, 6.45) is 1.60. The molecule has 3 aromatic rings. The molecule has 0 saturated carbocycles. The molecular weight excluding hydrogens is 670 g/mol. The van der Waals surface area contributed by atoms with Gasteiger partial charge < -0.3 is 30.6 Å². The molecule has 0 saturated heterocycles. The molecule has 16 nitrogen and oxygen atoms in total. The fourth-order valence-corrected chi connectivity index (χ4v) is 3.98. The summed E-state index contributed by atoms with van der Waals surface area (Å²) in [5.74, 6) is 4.33. The van der Waals surface area contributed by atoms with E-state index in [1.54, 1.807) is 26.0 Å². The second-order valence-electron chi connectivity index (χ2n) is 7.52. The molecule has 240 valence electrons. The average molecular weight is 700 g/mol. The van der Waals surface area contributed by atoms with Gasteiger partial charge in [0.1, 0.15) is 0 Å². The first-order chi connectivity index (χ1) is 20.8. The van der Waals surface area contributed by atoms with Crippen LogP contribution in [-0.4, -0.2) is 90.4 Å². The Bertz CT molecular complexity index is 1510. The van der Waals surface area contributed by atoms with Crippen molar-refractivity contribution in [2.24, 2.45) is 20.9 Å². The number of hydrogen-bond acceptors (Lipinski definition) is 16. The van der Waals surface area contributed by atoms with Gasteiger partial charge in [0.2, 0.25) is 0 Å². The summed E-state index contributed by atoms with van der Waals surface area (Å²) in [4.78, 5) is 10.9. The number of ether oxygens (including phenoxy) is 2. The third kappa shape index (κ3) is 16.5. The molecule has 0 atom stereocenters. The second-order valence-corrected chi connectivity index (χ2v) is 10.9. The van der Waals surface area contributed by atoms with Crippen LogP contribution in [0.15, 0.2) is 97.9 Å². The van der Waals surface area contributed by atoms with Gasteiger partial charge in [0, 0.05) is 18.3 Å². The first kappa shape index (κ1) is 45.1. The zero-order chi connectivity index (χ0) is 33.2. The minimum atomic E-state index is -3.71. The van der Waals surface area contributed by atoms with E-state index in [9.17, 15) is 32.2 Å². The zero-order valence-corrected chi connectivity index (χ0v) is 30.8. The third-order valence-electron chi connectivity index (χ3n) is 4.71. The van der Waals surface area contributed by atoms with Crippen molar-refractivity contribution in [3.8, 4) is 0 Å². The SMILES string of the molecule is CCOC([O-])=Nc1ccc(S(=O)(=O)OC)cc1.CCOC([O-])=Nc1ccc(S(=O)(=O)OC)cc1.NN=C([O-])c1ccncc1.[Mg+2].[Na+]. The standard InChI is InChI=1S/2C10H13NO5S.C6H7N3O.Mg.Na/c2*1-3-16-10(12)11-8-4-6-9(7-5-8)17(13,14)15-2;7-9-6(10)5-1-3-8-4-2-5;;/h2*4-7H,3H2,1-2H3,(H,11,12);1-4H,7H2,(H,9,10);;/q;;;+2;+1/p-3. The molecule has 20 heteroatoms. The summed E-state index contributed by atoms with van der Waals surface area (Å²) in [6, 6.07) is 13.9. The molecule has 0 unspecified atom stereocenters. The maximum absolute atomic E-state index is 11.3. The first-order valence-corrected chi connectivity index (χ1v) is 15.1. The summed E-state index contributed by atoms with van der Waals surface area (Å²) in [5.41, 5.74) is 1.09. The zero-order valence-electron chi connectivity index (χ0n) is 25.7. The summed E-state index contributed by atoms with van der Waals surface area (Å²) < 4.78 is 63.1. The number of pyridine rings is 1. The molecule has 2 N–H and O–H groups in total. The van der Waals surface area contributed by atoms with Gasteiger partial charge in [-0.05, 0) is 79.4 Å². The van der Waals surface area contributed by atoms with Crippen molar-refractivity contribution in [1.82, 2.24) is 4.98 Å². The van der Waals surface area contributed by atoms with E-state index in [0.717, 1.165) is 14.2 Å². The normalized spacial score (nSPS) is 11.7. The summed E-state index contributed by atoms with van der Waals surface area (Å²) in [6.45, 7) is 3.81. The molecule has 0 bridgehead atoms. The van der Waals surface area contributed by atoms with Gasteiger partial charge in [-0.15, -0.1) is 0 Å². The van der Waals surface area contributed by atoms with Crippen LogP contribution in [0.2, 0.25) is 0 Å². The third-order valence-corrected chi connectivity index (χ3v) is 7.29. The molecule has 0 fully saturated rings. The van der Waals surface area contributed by atoms with Crippen LogP contribution in [0.3, 0.4) is 0 Å². The fourth-order valence-electron chi connectivity index (χ4n) is 2.66. The van der Waals surface area contributed by atoms with E-state index in [1.807, 2.05) is 0 Å². The summed E-state index contributed by atoms with van der Waals surface area (Å²) in [7, 11) is -5.27. The minimum Gasteiger partial charge on any atom is -0.857 e. The number of aromatic nitrogens is 1. The van der Waals surface area contributed by atoms with Crippen molar-refractivity contribution < 1.29 is 79.6 Å². The number of benzene rings is 2. The van der Waals surface area contributed by atoms with Crippen LogP contribution in [0.1, 0.15) is 19.4 Å². The Labute approximate surface area is 305 Å². The maximum atomic E-state index is 11.3. The van der Waals surface area contributed by atoms with Crippen molar-refractivity contribution >= 4 is 72.7 Å². The van der Waals surface area contributed by atoms with E-state index in [-0.39, 0.29) is 75.6 Å². The monoisotopic (exact) mass is 699 g/mol. The quantitative estimate of drug-likeness (QED) is 0.0569. The Morgan fingerprint density at radius 2 is 1.07 bits per heavy atom. The maximum Gasteiger partial charge on any atom is 2.00 e. The molecule has 1 aromatic heterocycles. The second kappa shape index (κ2) is 23.3. The van der Waals surface area contributed by atoms with Crippen LogP contribution >= 0.6 is 0 Å². The Hall–Kier alpha value is -3.01. The van der Waals surface area contributed by atoms with Gasteiger partial charge in [0.25, 0.3) is 20.2 Å². The Morgan fingerprint density at radius 1 is 0.717 bits per heavy atom. The van der Waals surface area contributed by atoms with Crippen molar-refractivity contribution in [2.45, 2.75) is 23.6 Å².